The Labute approximate surface area is 172 Å². The topological polar surface area (TPSA) is 32.8 Å². The Balaban J connectivity index is 1.40. The van der Waals surface area contributed by atoms with E-state index in [2.05, 4.69) is 25.7 Å². The van der Waals surface area contributed by atoms with Crippen LogP contribution in [0.3, 0.4) is 0 Å². The van der Waals surface area contributed by atoms with E-state index in [0.717, 1.165) is 34.8 Å². The monoisotopic (exact) mass is 436 g/mol. The van der Waals surface area contributed by atoms with E-state index in [1.165, 1.54) is 64.6 Å². The van der Waals surface area contributed by atoms with Gasteiger partial charge in [-0.05, 0) is 105 Å². The summed E-state index contributed by atoms with van der Waals surface area (Å²) in [7, 11) is 1.64. The third-order valence-corrected chi connectivity index (χ3v) is 6.72. The number of benzene rings is 1. The first-order valence-electron chi connectivity index (χ1n) is 10.5. The van der Waals surface area contributed by atoms with Gasteiger partial charge in [-0.2, -0.15) is 0 Å². The maximum Gasteiger partial charge on any atom is 0.176 e. The summed E-state index contributed by atoms with van der Waals surface area (Å²) in [5, 5.41) is 0. The van der Waals surface area contributed by atoms with Crippen LogP contribution in [0.15, 0.2) is 22.7 Å². The first kappa shape index (κ1) is 20.8. The van der Waals surface area contributed by atoms with Crippen LogP contribution in [-0.2, 0) is 0 Å². The first-order chi connectivity index (χ1) is 13.2. The van der Waals surface area contributed by atoms with E-state index in [-0.39, 0.29) is 5.78 Å². The zero-order chi connectivity index (χ0) is 19.1. The fourth-order valence-corrected chi connectivity index (χ4v) is 4.83. The van der Waals surface area contributed by atoms with Gasteiger partial charge < -0.3 is 9.64 Å². The number of ether oxygens (including phenoxy) is 1. The number of rotatable bonds is 7. The lowest BCUT2D eigenvalue weighted by Crippen LogP contribution is -2.38. The molecule has 2 heterocycles. The van der Waals surface area contributed by atoms with Crippen molar-refractivity contribution in [3.63, 3.8) is 0 Å². The highest BCUT2D eigenvalue weighted by Crippen LogP contribution is 2.26. The average Bonchev–Trinajstić information content (AvgIpc) is 2.96. The van der Waals surface area contributed by atoms with Crippen molar-refractivity contribution in [1.82, 2.24) is 9.80 Å². The zero-order valence-corrected chi connectivity index (χ0v) is 18.2. The van der Waals surface area contributed by atoms with Crippen molar-refractivity contribution in [2.75, 3.05) is 46.4 Å². The molecular formula is C22H33BrN2O2. The number of carbonyl (C=O) groups is 1. The summed E-state index contributed by atoms with van der Waals surface area (Å²) in [6.45, 7) is 6.48. The molecule has 150 valence electrons. The smallest absolute Gasteiger partial charge is 0.176 e. The quantitative estimate of drug-likeness (QED) is 0.583. The number of hydrogen-bond donors (Lipinski definition) is 0. The summed E-state index contributed by atoms with van der Waals surface area (Å²) < 4.78 is 6.08. The Morgan fingerprint density at radius 3 is 2.41 bits per heavy atom. The molecule has 0 N–H and O–H groups in total. The van der Waals surface area contributed by atoms with Gasteiger partial charge in [0.05, 0.1) is 18.1 Å². The molecule has 0 saturated carbocycles. The van der Waals surface area contributed by atoms with Crippen LogP contribution in [0, 0.1) is 5.92 Å². The number of halogens is 1. The van der Waals surface area contributed by atoms with Crippen LogP contribution in [0.4, 0.5) is 0 Å². The number of methoxy groups -OCH3 is 1. The van der Waals surface area contributed by atoms with Crippen molar-refractivity contribution in [1.29, 1.82) is 0 Å². The van der Waals surface area contributed by atoms with E-state index in [4.69, 9.17) is 4.74 Å². The SMILES string of the molecule is COc1ccc(C(=O)CN2CCC(CCN3CCCCCC3)CC2)cc1Br. The van der Waals surface area contributed by atoms with Crippen molar-refractivity contribution in [3.8, 4) is 5.75 Å². The Morgan fingerprint density at radius 1 is 1.07 bits per heavy atom. The number of Topliss-reactive ketones (excluding diaryl/α,β-unsaturated/α-hetero) is 1. The first-order valence-corrected chi connectivity index (χ1v) is 11.3. The second-order valence-electron chi connectivity index (χ2n) is 8.04. The molecule has 0 amide bonds. The molecule has 4 nitrogen and oxygen atoms in total. The number of hydrogen-bond acceptors (Lipinski definition) is 4. The molecule has 1 aromatic carbocycles. The summed E-state index contributed by atoms with van der Waals surface area (Å²) in [5.74, 6) is 1.79. The molecule has 3 rings (SSSR count). The number of nitrogens with zero attached hydrogens (tertiary/aromatic N) is 2. The van der Waals surface area contributed by atoms with Crippen molar-refractivity contribution >= 4 is 21.7 Å². The molecular weight excluding hydrogens is 404 g/mol. The molecule has 27 heavy (non-hydrogen) atoms. The van der Waals surface area contributed by atoms with Crippen LogP contribution in [-0.4, -0.2) is 62.0 Å². The minimum atomic E-state index is 0.196. The van der Waals surface area contributed by atoms with Gasteiger partial charge in [-0.1, -0.05) is 12.8 Å². The molecule has 0 aliphatic carbocycles. The molecule has 0 bridgehead atoms. The molecule has 2 aliphatic rings. The third-order valence-electron chi connectivity index (χ3n) is 6.10. The summed E-state index contributed by atoms with van der Waals surface area (Å²) in [5.41, 5.74) is 0.756. The minimum Gasteiger partial charge on any atom is -0.496 e. The summed E-state index contributed by atoms with van der Waals surface area (Å²) in [6.07, 6.45) is 9.36. The minimum absolute atomic E-state index is 0.196. The Kier molecular flexibility index (Phi) is 8.16. The molecule has 5 heteroatoms. The standard InChI is InChI=1S/C22H33BrN2O2/c1-27-22-7-6-19(16-20(22)23)21(26)17-25-14-9-18(10-15-25)8-13-24-11-4-2-3-5-12-24/h6-7,16,18H,2-5,8-15,17H2,1H3. The molecule has 2 fully saturated rings. The largest absolute Gasteiger partial charge is 0.496 e. The molecule has 0 radical (unpaired) electrons. The fourth-order valence-electron chi connectivity index (χ4n) is 4.29. The number of ketones is 1. The van der Waals surface area contributed by atoms with Crippen LogP contribution >= 0.6 is 15.9 Å². The molecule has 2 aliphatic heterocycles. The molecule has 0 aromatic heterocycles. The average molecular weight is 437 g/mol. The van der Waals surface area contributed by atoms with Gasteiger partial charge >= 0.3 is 0 Å². The van der Waals surface area contributed by atoms with E-state index in [9.17, 15) is 4.79 Å². The van der Waals surface area contributed by atoms with Gasteiger partial charge in [0.25, 0.3) is 0 Å². The van der Waals surface area contributed by atoms with Crippen molar-refractivity contribution in [2.45, 2.75) is 44.9 Å². The van der Waals surface area contributed by atoms with Crippen LogP contribution in [0.25, 0.3) is 0 Å². The lowest BCUT2D eigenvalue weighted by Gasteiger charge is -2.32. The van der Waals surface area contributed by atoms with Gasteiger partial charge in [0.2, 0.25) is 0 Å². The van der Waals surface area contributed by atoms with Gasteiger partial charge in [-0.25, -0.2) is 0 Å². The highest BCUT2D eigenvalue weighted by Gasteiger charge is 2.22. The Hall–Kier alpha value is -0.910. The second kappa shape index (κ2) is 10.6. The molecule has 0 atom stereocenters. The van der Waals surface area contributed by atoms with E-state index < -0.39 is 0 Å². The summed E-state index contributed by atoms with van der Waals surface area (Å²) in [4.78, 5) is 17.6. The zero-order valence-electron chi connectivity index (χ0n) is 16.6. The number of likely N-dealkylation sites (tertiary alicyclic amines) is 2. The van der Waals surface area contributed by atoms with Crippen molar-refractivity contribution in [2.24, 2.45) is 5.92 Å². The maximum atomic E-state index is 12.6. The fraction of sp³-hybridized carbons (Fsp3) is 0.682. The van der Waals surface area contributed by atoms with Gasteiger partial charge in [0.1, 0.15) is 5.75 Å². The summed E-state index contributed by atoms with van der Waals surface area (Å²) in [6, 6.07) is 5.58. The Morgan fingerprint density at radius 2 is 1.78 bits per heavy atom. The van der Waals surface area contributed by atoms with Crippen LogP contribution in [0.1, 0.15) is 55.3 Å². The normalized spacial score (nSPS) is 20.4. The molecule has 0 spiro atoms. The number of carbonyl (C=O) groups excluding carboxylic acids is 1. The molecule has 2 saturated heterocycles. The maximum absolute atomic E-state index is 12.6. The highest BCUT2D eigenvalue weighted by atomic mass is 79.9. The predicted octanol–water partition coefficient (Wildman–Crippen LogP) is 4.62. The van der Waals surface area contributed by atoms with Crippen LogP contribution < -0.4 is 4.74 Å². The lowest BCUT2D eigenvalue weighted by atomic mass is 9.93. The molecule has 1 aromatic rings. The van der Waals surface area contributed by atoms with E-state index >= 15 is 0 Å². The van der Waals surface area contributed by atoms with Gasteiger partial charge in [-0.3, -0.25) is 9.69 Å². The van der Waals surface area contributed by atoms with E-state index in [0.29, 0.717) is 6.54 Å². The van der Waals surface area contributed by atoms with Crippen molar-refractivity contribution < 1.29 is 9.53 Å². The van der Waals surface area contributed by atoms with E-state index in [1.54, 1.807) is 7.11 Å². The Bertz CT molecular complexity index is 606. The van der Waals surface area contributed by atoms with Crippen molar-refractivity contribution in [3.05, 3.63) is 28.2 Å². The third kappa shape index (κ3) is 6.30. The van der Waals surface area contributed by atoms with Crippen LogP contribution in [0.2, 0.25) is 0 Å². The summed E-state index contributed by atoms with van der Waals surface area (Å²) >= 11 is 3.47. The van der Waals surface area contributed by atoms with Gasteiger partial charge in [0, 0.05) is 5.56 Å². The number of piperidine rings is 1. The molecule has 0 unspecified atom stereocenters. The van der Waals surface area contributed by atoms with Gasteiger partial charge in [-0.15, -0.1) is 0 Å². The lowest BCUT2D eigenvalue weighted by molar-refractivity contribution is 0.0888. The van der Waals surface area contributed by atoms with Crippen LogP contribution in [0.5, 0.6) is 5.75 Å². The highest BCUT2D eigenvalue weighted by molar-refractivity contribution is 9.10. The van der Waals surface area contributed by atoms with E-state index in [1.807, 2.05) is 18.2 Å². The predicted molar refractivity (Wildman–Crippen MR) is 114 cm³/mol. The van der Waals surface area contributed by atoms with Gasteiger partial charge in [0.15, 0.2) is 5.78 Å². The second-order valence-corrected chi connectivity index (χ2v) is 8.89.